The number of nitrogens with zero attached hydrogens (tertiary/aromatic N) is 4. The molecule has 14 heteroatoms. The molecule has 0 aromatic carbocycles. The van der Waals surface area contributed by atoms with E-state index in [9.17, 15) is 22.8 Å². The molecule has 2 N–H and O–H groups in total. The SMILES string of the molecule is C[C@@H](COCCC(=O)N1CCN2c3ncc(Cl)cc3OC[C@@H]2C1)Nc1cn[nH]c(=O)c1C(F)(F)F. The highest BCUT2D eigenvalue weighted by Gasteiger charge is 2.38. The number of carbonyl (C=O) groups is 1. The van der Waals surface area contributed by atoms with Crippen LogP contribution >= 0.6 is 11.6 Å². The molecule has 4 heterocycles. The highest BCUT2D eigenvalue weighted by Crippen LogP contribution is 2.35. The van der Waals surface area contributed by atoms with Crippen LogP contribution in [0.5, 0.6) is 5.75 Å². The first kappa shape index (κ1) is 25.0. The number of halogens is 4. The molecule has 0 spiro atoms. The maximum Gasteiger partial charge on any atom is 0.423 e. The van der Waals surface area contributed by atoms with Gasteiger partial charge < -0.3 is 24.6 Å². The number of nitrogens with one attached hydrogen (secondary N) is 2. The van der Waals surface area contributed by atoms with E-state index in [2.05, 4.69) is 20.3 Å². The fourth-order valence-electron chi connectivity index (χ4n) is 4.10. The molecule has 1 amide bonds. The fraction of sp³-hybridized carbons (Fsp3) is 0.524. The lowest BCUT2D eigenvalue weighted by atomic mass is 10.1. The van der Waals surface area contributed by atoms with Crippen molar-refractivity contribution >= 4 is 29.0 Å². The van der Waals surface area contributed by atoms with Crippen molar-refractivity contribution in [3.63, 3.8) is 0 Å². The Balaban J connectivity index is 1.23. The largest absolute Gasteiger partial charge is 0.487 e. The van der Waals surface area contributed by atoms with Gasteiger partial charge >= 0.3 is 6.18 Å². The Morgan fingerprint density at radius 3 is 2.97 bits per heavy atom. The van der Waals surface area contributed by atoms with Gasteiger partial charge in [-0.15, -0.1) is 0 Å². The van der Waals surface area contributed by atoms with Gasteiger partial charge in [-0.2, -0.15) is 18.3 Å². The second kappa shape index (κ2) is 10.3. The molecule has 0 radical (unpaired) electrons. The Labute approximate surface area is 203 Å². The molecule has 0 unspecified atom stereocenters. The van der Waals surface area contributed by atoms with Crippen LogP contribution in [-0.4, -0.2) is 77.5 Å². The van der Waals surface area contributed by atoms with Crippen molar-refractivity contribution in [2.24, 2.45) is 0 Å². The Kier molecular flexibility index (Phi) is 7.36. The molecule has 2 aromatic heterocycles. The summed E-state index contributed by atoms with van der Waals surface area (Å²) in [5.74, 6) is 1.26. The normalized spacial score (nSPS) is 18.4. The summed E-state index contributed by atoms with van der Waals surface area (Å²) >= 11 is 5.98. The lowest BCUT2D eigenvalue weighted by molar-refractivity contribution is -0.138. The maximum atomic E-state index is 13.1. The van der Waals surface area contributed by atoms with E-state index >= 15 is 0 Å². The molecule has 2 atom stereocenters. The fourth-order valence-corrected chi connectivity index (χ4v) is 4.25. The highest BCUT2D eigenvalue weighted by atomic mass is 35.5. The van der Waals surface area contributed by atoms with Gasteiger partial charge in [-0.1, -0.05) is 11.6 Å². The van der Waals surface area contributed by atoms with Crippen molar-refractivity contribution in [1.82, 2.24) is 20.1 Å². The van der Waals surface area contributed by atoms with Crippen LogP contribution in [0.25, 0.3) is 0 Å². The molecule has 35 heavy (non-hydrogen) atoms. The van der Waals surface area contributed by atoms with E-state index in [1.165, 1.54) is 0 Å². The van der Waals surface area contributed by atoms with Gasteiger partial charge in [0, 0.05) is 37.9 Å². The van der Waals surface area contributed by atoms with E-state index in [1.54, 1.807) is 29.2 Å². The molecule has 2 aromatic rings. The maximum absolute atomic E-state index is 13.1. The van der Waals surface area contributed by atoms with Crippen LogP contribution in [0.15, 0.2) is 23.3 Å². The van der Waals surface area contributed by atoms with Crippen molar-refractivity contribution in [2.45, 2.75) is 31.6 Å². The quantitative estimate of drug-likeness (QED) is 0.538. The first-order valence-corrected chi connectivity index (χ1v) is 11.3. The molecule has 2 aliphatic rings. The van der Waals surface area contributed by atoms with Crippen LogP contribution in [0.2, 0.25) is 5.02 Å². The van der Waals surface area contributed by atoms with Crippen molar-refractivity contribution in [3.05, 3.63) is 39.4 Å². The Morgan fingerprint density at radius 2 is 2.20 bits per heavy atom. The van der Waals surface area contributed by atoms with Gasteiger partial charge in [-0.25, -0.2) is 10.1 Å². The number of carbonyl (C=O) groups excluding carboxylic acids is 1. The summed E-state index contributed by atoms with van der Waals surface area (Å²) in [5.41, 5.74) is -3.10. The number of aromatic nitrogens is 3. The number of hydrogen-bond donors (Lipinski definition) is 2. The number of rotatable bonds is 7. The van der Waals surface area contributed by atoms with Crippen molar-refractivity contribution in [3.8, 4) is 5.75 Å². The lowest BCUT2D eigenvalue weighted by Crippen LogP contribution is -2.58. The minimum Gasteiger partial charge on any atom is -0.487 e. The zero-order valence-electron chi connectivity index (χ0n) is 18.8. The molecule has 190 valence electrons. The summed E-state index contributed by atoms with van der Waals surface area (Å²) in [5, 5.41) is 8.29. The topological polar surface area (TPSA) is 113 Å². The number of hydrogen-bond acceptors (Lipinski definition) is 8. The van der Waals surface area contributed by atoms with Crippen LogP contribution in [0.4, 0.5) is 24.7 Å². The van der Waals surface area contributed by atoms with Gasteiger partial charge in [0.05, 0.1) is 42.6 Å². The number of amides is 1. The van der Waals surface area contributed by atoms with E-state index in [0.717, 1.165) is 6.20 Å². The molecule has 4 rings (SSSR count). The van der Waals surface area contributed by atoms with Gasteiger partial charge in [0.2, 0.25) is 5.91 Å². The number of pyridine rings is 1. The summed E-state index contributed by atoms with van der Waals surface area (Å²) in [6.45, 7) is 3.76. The van der Waals surface area contributed by atoms with Crippen LogP contribution in [0.3, 0.4) is 0 Å². The molecular formula is C21H24ClF3N6O4. The zero-order valence-corrected chi connectivity index (χ0v) is 19.5. The van der Waals surface area contributed by atoms with Crippen molar-refractivity contribution in [2.75, 3.05) is 49.7 Å². The van der Waals surface area contributed by atoms with E-state index in [-0.39, 0.29) is 31.6 Å². The number of piperazine rings is 1. The average molecular weight is 517 g/mol. The standard InChI is InChI=1S/C21H24ClF3N6O4/c1-12(28-15-8-27-29-20(33)18(15)21(23,24)25)10-34-5-2-17(32)30-3-4-31-14(9-30)11-35-16-6-13(22)7-26-19(16)31/h6-8,12,14H,2-5,9-11H2,1H3,(H2,28,29,33)/t12-,14-/m0/s1. The molecule has 0 bridgehead atoms. The van der Waals surface area contributed by atoms with Crippen LogP contribution < -0.4 is 20.5 Å². The minimum absolute atomic E-state index is 0.0236. The summed E-state index contributed by atoms with van der Waals surface area (Å²) in [6, 6.07) is 1.14. The van der Waals surface area contributed by atoms with Crippen LogP contribution in [0.1, 0.15) is 18.9 Å². The summed E-state index contributed by atoms with van der Waals surface area (Å²) in [7, 11) is 0. The van der Waals surface area contributed by atoms with Gasteiger partial charge in [0.15, 0.2) is 11.6 Å². The van der Waals surface area contributed by atoms with E-state index in [1.807, 2.05) is 0 Å². The number of H-pyrrole nitrogens is 1. The third kappa shape index (κ3) is 5.78. The number of anilines is 2. The van der Waals surface area contributed by atoms with E-state index < -0.39 is 29.0 Å². The van der Waals surface area contributed by atoms with Crippen molar-refractivity contribution in [1.29, 1.82) is 0 Å². The minimum atomic E-state index is -4.83. The summed E-state index contributed by atoms with van der Waals surface area (Å²) < 4.78 is 50.7. The first-order valence-electron chi connectivity index (χ1n) is 11.0. The second-order valence-electron chi connectivity index (χ2n) is 8.33. The van der Waals surface area contributed by atoms with Gasteiger partial charge in [0.1, 0.15) is 12.2 Å². The Hall–Kier alpha value is -3.06. The van der Waals surface area contributed by atoms with Crippen LogP contribution in [0, 0.1) is 0 Å². The zero-order chi connectivity index (χ0) is 25.2. The third-order valence-corrected chi connectivity index (χ3v) is 5.91. The highest BCUT2D eigenvalue weighted by molar-refractivity contribution is 6.30. The van der Waals surface area contributed by atoms with Gasteiger partial charge in [0.25, 0.3) is 5.56 Å². The molecule has 1 fully saturated rings. The van der Waals surface area contributed by atoms with Gasteiger partial charge in [-0.05, 0) is 6.92 Å². The predicted octanol–water partition coefficient (Wildman–Crippen LogP) is 2.15. The van der Waals surface area contributed by atoms with E-state index in [0.29, 0.717) is 42.8 Å². The number of aromatic amines is 1. The third-order valence-electron chi connectivity index (χ3n) is 5.71. The molecule has 2 aliphatic heterocycles. The van der Waals surface area contributed by atoms with E-state index in [4.69, 9.17) is 21.1 Å². The first-order chi connectivity index (χ1) is 16.6. The lowest BCUT2D eigenvalue weighted by Gasteiger charge is -2.44. The molecule has 10 nitrogen and oxygen atoms in total. The van der Waals surface area contributed by atoms with Gasteiger partial charge in [-0.3, -0.25) is 9.59 Å². The summed E-state index contributed by atoms with van der Waals surface area (Å²) in [4.78, 5) is 32.4. The number of alkyl halides is 3. The summed E-state index contributed by atoms with van der Waals surface area (Å²) in [6.07, 6.45) is -2.23. The monoisotopic (exact) mass is 516 g/mol. The van der Waals surface area contributed by atoms with Crippen molar-refractivity contribution < 1.29 is 27.4 Å². The second-order valence-corrected chi connectivity index (χ2v) is 8.77. The number of fused-ring (bicyclic) bond motifs is 3. The average Bonchev–Trinajstić information content (AvgIpc) is 2.80. The van der Waals surface area contributed by atoms with Crippen LogP contribution in [-0.2, 0) is 15.7 Å². The smallest absolute Gasteiger partial charge is 0.423 e. The molecule has 0 saturated carbocycles. The predicted molar refractivity (Wildman–Crippen MR) is 121 cm³/mol. The molecular weight excluding hydrogens is 493 g/mol. The Bertz CT molecular complexity index is 1130. The molecule has 1 saturated heterocycles. The Morgan fingerprint density at radius 1 is 1.40 bits per heavy atom. The number of ether oxygens (including phenoxy) is 2. The molecule has 0 aliphatic carbocycles.